The summed E-state index contributed by atoms with van der Waals surface area (Å²) in [6.45, 7) is 4.01. The van der Waals surface area contributed by atoms with E-state index in [4.69, 9.17) is 0 Å². The van der Waals surface area contributed by atoms with Crippen LogP contribution in [0.3, 0.4) is 0 Å². The number of benzene rings is 1. The minimum Gasteiger partial charge on any atom is -0.354 e. The Labute approximate surface area is 122 Å². The molecule has 1 aromatic carbocycles. The lowest BCUT2D eigenvalue weighted by atomic mass is 10.1. The number of nitrogens with zero attached hydrogens (tertiary/aromatic N) is 4. The standard InChI is InChI=1S/C14H17F2N5/c1-5-17-13-18-12(19-14(20-13)21(3)4)9-7-6-8(2)10(15)11(9)16/h6-7H,5H2,1-4H3,(H,17,18,19,20). The largest absolute Gasteiger partial charge is 0.354 e. The van der Waals surface area contributed by atoms with Crippen LogP contribution >= 0.6 is 0 Å². The van der Waals surface area contributed by atoms with Crippen molar-refractivity contribution in [3.63, 3.8) is 0 Å². The Kier molecular flexibility index (Phi) is 4.30. The van der Waals surface area contributed by atoms with Gasteiger partial charge in [-0.1, -0.05) is 6.07 Å². The number of rotatable bonds is 4. The zero-order valence-corrected chi connectivity index (χ0v) is 12.4. The van der Waals surface area contributed by atoms with Crippen molar-refractivity contribution >= 4 is 11.9 Å². The fourth-order valence-electron chi connectivity index (χ4n) is 1.74. The molecule has 0 atom stereocenters. The van der Waals surface area contributed by atoms with Crippen LogP contribution in [0.25, 0.3) is 11.4 Å². The highest BCUT2D eigenvalue weighted by molar-refractivity contribution is 5.59. The van der Waals surface area contributed by atoms with E-state index >= 15 is 0 Å². The number of aryl methyl sites for hydroxylation is 1. The molecule has 0 bridgehead atoms. The Morgan fingerprint density at radius 2 is 1.81 bits per heavy atom. The van der Waals surface area contributed by atoms with Crippen LogP contribution in [-0.4, -0.2) is 35.6 Å². The molecule has 0 amide bonds. The molecule has 0 aliphatic rings. The van der Waals surface area contributed by atoms with E-state index in [0.29, 0.717) is 18.4 Å². The van der Waals surface area contributed by atoms with Crippen LogP contribution in [0.2, 0.25) is 0 Å². The van der Waals surface area contributed by atoms with Gasteiger partial charge in [-0.25, -0.2) is 8.78 Å². The molecule has 1 N–H and O–H groups in total. The van der Waals surface area contributed by atoms with Crippen LogP contribution in [0.15, 0.2) is 12.1 Å². The molecule has 21 heavy (non-hydrogen) atoms. The van der Waals surface area contributed by atoms with Gasteiger partial charge in [0, 0.05) is 20.6 Å². The van der Waals surface area contributed by atoms with Gasteiger partial charge in [0.05, 0.1) is 5.56 Å². The zero-order valence-electron chi connectivity index (χ0n) is 12.4. The lowest BCUT2D eigenvalue weighted by Gasteiger charge is -2.13. The van der Waals surface area contributed by atoms with Crippen molar-refractivity contribution in [1.29, 1.82) is 0 Å². The van der Waals surface area contributed by atoms with Gasteiger partial charge in [-0.3, -0.25) is 0 Å². The highest BCUT2D eigenvalue weighted by Crippen LogP contribution is 2.25. The summed E-state index contributed by atoms with van der Waals surface area (Å²) in [6, 6.07) is 2.97. The fraction of sp³-hybridized carbons (Fsp3) is 0.357. The van der Waals surface area contributed by atoms with E-state index in [2.05, 4.69) is 20.3 Å². The van der Waals surface area contributed by atoms with Crippen LogP contribution in [0, 0.1) is 18.6 Å². The van der Waals surface area contributed by atoms with Gasteiger partial charge < -0.3 is 10.2 Å². The third-order valence-corrected chi connectivity index (χ3v) is 2.87. The number of anilines is 2. The molecule has 0 saturated heterocycles. The van der Waals surface area contributed by atoms with E-state index in [-0.39, 0.29) is 17.0 Å². The van der Waals surface area contributed by atoms with Crippen molar-refractivity contribution in [1.82, 2.24) is 15.0 Å². The molecular weight excluding hydrogens is 276 g/mol. The molecule has 7 heteroatoms. The summed E-state index contributed by atoms with van der Waals surface area (Å²) in [5.41, 5.74) is 0.257. The van der Waals surface area contributed by atoms with Gasteiger partial charge >= 0.3 is 0 Å². The van der Waals surface area contributed by atoms with Crippen LogP contribution in [0.1, 0.15) is 12.5 Å². The van der Waals surface area contributed by atoms with Crippen molar-refractivity contribution in [3.05, 3.63) is 29.3 Å². The second-order valence-corrected chi connectivity index (χ2v) is 4.77. The third-order valence-electron chi connectivity index (χ3n) is 2.87. The molecule has 0 spiro atoms. The van der Waals surface area contributed by atoms with Crippen LogP contribution < -0.4 is 10.2 Å². The number of hydrogen-bond acceptors (Lipinski definition) is 5. The van der Waals surface area contributed by atoms with Crippen molar-refractivity contribution in [3.8, 4) is 11.4 Å². The topological polar surface area (TPSA) is 53.9 Å². The molecule has 112 valence electrons. The van der Waals surface area contributed by atoms with E-state index in [1.54, 1.807) is 19.0 Å². The summed E-state index contributed by atoms with van der Waals surface area (Å²) in [5.74, 6) is -1.04. The molecule has 0 unspecified atom stereocenters. The second kappa shape index (κ2) is 5.99. The molecule has 0 saturated carbocycles. The molecule has 0 aliphatic heterocycles. The molecule has 0 fully saturated rings. The molecule has 1 aromatic heterocycles. The van der Waals surface area contributed by atoms with E-state index < -0.39 is 11.6 Å². The van der Waals surface area contributed by atoms with Gasteiger partial charge in [0.2, 0.25) is 11.9 Å². The SMILES string of the molecule is CCNc1nc(-c2ccc(C)c(F)c2F)nc(N(C)C)n1. The summed E-state index contributed by atoms with van der Waals surface area (Å²) in [5, 5.41) is 2.95. The molecule has 2 aromatic rings. The lowest BCUT2D eigenvalue weighted by molar-refractivity contribution is 0.505. The van der Waals surface area contributed by atoms with Gasteiger partial charge in [-0.05, 0) is 25.5 Å². The molecular formula is C14H17F2N5. The van der Waals surface area contributed by atoms with Crippen molar-refractivity contribution in [2.75, 3.05) is 30.9 Å². The average molecular weight is 293 g/mol. The average Bonchev–Trinajstić information content (AvgIpc) is 2.45. The van der Waals surface area contributed by atoms with Crippen molar-refractivity contribution < 1.29 is 8.78 Å². The highest BCUT2D eigenvalue weighted by atomic mass is 19.2. The van der Waals surface area contributed by atoms with Gasteiger partial charge in [-0.15, -0.1) is 0 Å². The predicted octanol–water partition coefficient (Wildman–Crippen LogP) is 2.62. The highest BCUT2D eigenvalue weighted by Gasteiger charge is 2.17. The van der Waals surface area contributed by atoms with E-state index in [1.807, 2.05) is 6.92 Å². The predicted molar refractivity (Wildman–Crippen MR) is 78.4 cm³/mol. The van der Waals surface area contributed by atoms with Crippen molar-refractivity contribution in [2.24, 2.45) is 0 Å². The molecule has 0 aliphatic carbocycles. The number of aromatic nitrogens is 3. The molecule has 2 rings (SSSR count). The Hall–Kier alpha value is -2.31. The Bertz CT molecular complexity index is 658. The second-order valence-electron chi connectivity index (χ2n) is 4.77. The Balaban J connectivity index is 2.60. The number of nitrogens with one attached hydrogen (secondary N) is 1. The first-order valence-electron chi connectivity index (χ1n) is 6.56. The van der Waals surface area contributed by atoms with Crippen LogP contribution in [0.4, 0.5) is 20.7 Å². The van der Waals surface area contributed by atoms with Crippen molar-refractivity contribution in [2.45, 2.75) is 13.8 Å². The first-order valence-corrected chi connectivity index (χ1v) is 6.56. The maximum atomic E-state index is 14.1. The minimum atomic E-state index is -0.951. The molecule has 0 radical (unpaired) electrons. The maximum absolute atomic E-state index is 14.1. The number of halogens is 2. The molecule has 1 heterocycles. The summed E-state index contributed by atoms with van der Waals surface area (Å²) in [4.78, 5) is 14.2. The number of hydrogen-bond donors (Lipinski definition) is 1. The van der Waals surface area contributed by atoms with Gasteiger partial charge in [0.25, 0.3) is 0 Å². The van der Waals surface area contributed by atoms with E-state index in [0.717, 1.165) is 0 Å². The molecule has 5 nitrogen and oxygen atoms in total. The summed E-state index contributed by atoms with van der Waals surface area (Å²) in [6.07, 6.45) is 0. The van der Waals surface area contributed by atoms with Gasteiger partial charge in [0.1, 0.15) is 0 Å². The fourth-order valence-corrected chi connectivity index (χ4v) is 1.74. The Morgan fingerprint density at radius 1 is 1.10 bits per heavy atom. The maximum Gasteiger partial charge on any atom is 0.230 e. The van der Waals surface area contributed by atoms with Gasteiger partial charge in [0.15, 0.2) is 17.5 Å². The minimum absolute atomic E-state index is 0.0164. The van der Waals surface area contributed by atoms with Crippen LogP contribution in [0.5, 0.6) is 0 Å². The first-order chi connectivity index (χ1) is 9.93. The zero-order chi connectivity index (χ0) is 15.6. The summed E-state index contributed by atoms with van der Waals surface area (Å²) in [7, 11) is 3.53. The van der Waals surface area contributed by atoms with Crippen LogP contribution in [-0.2, 0) is 0 Å². The monoisotopic (exact) mass is 293 g/mol. The normalized spacial score (nSPS) is 10.6. The summed E-state index contributed by atoms with van der Waals surface area (Å²) >= 11 is 0. The quantitative estimate of drug-likeness (QED) is 0.939. The summed E-state index contributed by atoms with van der Waals surface area (Å²) < 4.78 is 27.8. The van der Waals surface area contributed by atoms with E-state index in [9.17, 15) is 8.78 Å². The van der Waals surface area contributed by atoms with Gasteiger partial charge in [-0.2, -0.15) is 15.0 Å². The van der Waals surface area contributed by atoms with E-state index in [1.165, 1.54) is 19.1 Å². The third kappa shape index (κ3) is 3.07. The smallest absolute Gasteiger partial charge is 0.230 e. The lowest BCUT2D eigenvalue weighted by Crippen LogP contribution is -2.16. The first kappa shape index (κ1) is 15.1. The Morgan fingerprint density at radius 3 is 2.43 bits per heavy atom.